The fourth-order valence-electron chi connectivity index (χ4n) is 13.6. The Morgan fingerprint density at radius 3 is 1.19 bits per heavy atom. The summed E-state index contributed by atoms with van der Waals surface area (Å²) in [6.45, 7) is 0. The first-order chi connectivity index (χ1) is 36.7. The topological polar surface area (TPSA) is 0 Å². The van der Waals surface area contributed by atoms with Crippen molar-refractivity contribution in [2.24, 2.45) is 0 Å². The van der Waals surface area contributed by atoms with E-state index in [1.807, 2.05) is 0 Å². The van der Waals surface area contributed by atoms with E-state index in [0.717, 1.165) is 0 Å². The van der Waals surface area contributed by atoms with Gasteiger partial charge in [-0.25, -0.2) is 0 Å². The van der Waals surface area contributed by atoms with Crippen molar-refractivity contribution in [1.82, 2.24) is 0 Å². The highest BCUT2D eigenvalue weighted by atomic mass is 28.3. The highest BCUT2D eigenvalue weighted by Crippen LogP contribution is 2.63. The van der Waals surface area contributed by atoms with Gasteiger partial charge in [-0.2, -0.15) is 0 Å². The molecule has 0 fully saturated rings. The van der Waals surface area contributed by atoms with Gasteiger partial charge in [0.25, 0.3) is 0 Å². The Kier molecular flexibility index (Phi) is 9.61. The predicted octanol–water partition coefficient (Wildman–Crippen LogP) is 15.9. The number of fused-ring (bicyclic) bond motifs is 13. The van der Waals surface area contributed by atoms with Crippen LogP contribution in [-0.2, 0) is 5.41 Å². The Morgan fingerprint density at radius 1 is 0.216 bits per heavy atom. The molecular weight excluding hydrogens is 905 g/mol. The van der Waals surface area contributed by atoms with Crippen LogP contribution in [0.15, 0.2) is 291 Å². The molecule has 15 rings (SSSR count). The molecule has 0 N–H and O–H groups in total. The molecule has 13 aromatic rings. The lowest BCUT2D eigenvalue weighted by atomic mass is 9.70. The van der Waals surface area contributed by atoms with Crippen LogP contribution < -0.4 is 20.7 Å². The zero-order valence-corrected chi connectivity index (χ0v) is 41.7. The van der Waals surface area contributed by atoms with Gasteiger partial charge in [-0.15, -0.1) is 0 Å². The average molecular weight is 953 g/mol. The molecule has 1 spiro atoms. The van der Waals surface area contributed by atoms with E-state index in [4.69, 9.17) is 0 Å². The van der Waals surface area contributed by atoms with Gasteiger partial charge in [0.05, 0.1) is 5.41 Å². The van der Waals surface area contributed by atoms with E-state index in [0.29, 0.717) is 0 Å². The first kappa shape index (κ1) is 42.5. The SMILES string of the molecule is c1ccc([Si](c2ccccc2)(c2ccccc2)c2ccc3c(c2)C2(c4ccccc4-c4ccccc42)c2cc(-c4c5ccccc5c(-c5ccccc5-c5ccc6ccccc6c5)c5ccccc45)ccc2-3)cc1. The van der Waals surface area contributed by atoms with Crippen LogP contribution in [0, 0.1) is 0 Å². The van der Waals surface area contributed by atoms with Crippen LogP contribution in [0.2, 0.25) is 0 Å². The maximum atomic E-state index is 2.65. The third-order valence-electron chi connectivity index (χ3n) is 16.6. The Hall–Kier alpha value is -9.14. The standard InChI is InChI=1S/C73H48Si/c1-4-24-53(25-5-1)74(54-26-6-2-7-27-54,55-28-8-3-9-29-55)56-43-45-61-60-44-42-52(47-69(60)73(70(61)48-56)67-38-20-18-31-58(67)59-32-19-21-39-68(59)73)71-63-34-14-16-36-65(63)72(66-37-17-15-35-64(66)71)62-33-13-12-30-57(62)51-41-40-49-22-10-11-23-50(49)46-51/h1-48H. The van der Waals surface area contributed by atoms with Gasteiger partial charge in [-0.05, 0) is 143 Å². The summed E-state index contributed by atoms with van der Waals surface area (Å²) in [4.78, 5) is 0. The summed E-state index contributed by atoms with van der Waals surface area (Å²) in [5.74, 6) is 0. The van der Waals surface area contributed by atoms with Crippen LogP contribution >= 0.6 is 0 Å². The zero-order chi connectivity index (χ0) is 48.8. The highest BCUT2D eigenvalue weighted by Gasteiger charge is 2.53. The van der Waals surface area contributed by atoms with Crippen molar-refractivity contribution in [3.8, 4) is 55.6 Å². The minimum atomic E-state index is -2.89. The van der Waals surface area contributed by atoms with Crippen LogP contribution in [0.3, 0.4) is 0 Å². The van der Waals surface area contributed by atoms with E-state index in [9.17, 15) is 0 Å². The summed E-state index contributed by atoms with van der Waals surface area (Å²) < 4.78 is 0. The molecule has 1 heteroatoms. The second-order valence-electron chi connectivity index (χ2n) is 20.2. The molecule has 13 aromatic carbocycles. The van der Waals surface area contributed by atoms with E-state index in [2.05, 4.69) is 291 Å². The van der Waals surface area contributed by atoms with Crippen molar-refractivity contribution in [1.29, 1.82) is 0 Å². The molecule has 0 saturated carbocycles. The van der Waals surface area contributed by atoms with Crippen LogP contribution in [0.4, 0.5) is 0 Å². The smallest absolute Gasteiger partial charge is 0.0623 e. The molecule has 0 saturated heterocycles. The molecule has 0 bridgehead atoms. The molecular formula is C73H48Si. The summed E-state index contributed by atoms with van der Waals surface area (Å²) in [5, 5.41) is 13.0. The molecule has 74 heavy (non-hydrogen) atoms. The van der Waals surface area contributed by atoms with E-state index in [-0.39, 0.29) is 0 Å². The average Bonchev–Trinajstić information content (AvgIpc) is 4.07. The molecule has 344 valence electrons. The number of hydrogen-bond acceptors (Lipinski definition) is 0. The molecule has 0 heterocycles. The Bertz CT molecular complexity index is 4160. The monoisotopic (exact) mass is 952 g/mol. The molecule has 0 amide bonds. The summed E-state index contributed by atoms with van der Waals surface area (Å²) >= 11 is 0. The Labute approximate surface area is 433 Å². The molecule has 0 unspecified atom stereocenters. The quantitative estimate of drug-likeness (QED) is 0.0848. The van der Waals surface area contributed by atoms with Gasteiger partial charge < -0.3 is 0 Å². The molecule has 0 nitrogen and oxygen atoms in total. The van der Waals surface area contributed by atoms with E-state index >= 15 is 0 Å². The van der Waals surface area contributed by atoms with Crippen molar-refractivity contribution < 1.29 is 0 Å². The highest BCUT2D eigenvalue weighted by molar-refractivity contribution is 7.19. The molecule has 0 radical (unpaired) electrons. The van der Waals surface area contributed by atoms with Crippen molar-refractivity contribution in [2.45, 2.75) is 5.41 Å². The van der Waals surface area contributed by atoms with Gasteiger partial charge in [-0.1, -0.05) is 279 Å². The van der Waals surface area contributed by atoms with Crippen LogP contribution in [0.25, 0.3) is 88.0 Å². The van der Waals surface area contributed by atoms with Gasteiger partial charge in [0, 0.05) is 0 Å². The van der Waals surface area contributed by atoms with E-state index in [1.54, 1.807) is 0 Å². The maximum absolute atomic E-state index is 2.89. The Morgan fingerprint density at radius 2 is 0.622 bits per heavy atom. The fourth-order valence-corrected chi connectivity index (χ4v) is 18.4. The molecule has 0 aromatic heterocycles. The van der Waals surface area contributed by atoms with Gasteiger partial charge in [-0.3, -0.25) is 0 Å². The number of rotatable bonds is 7. The summed E-state index contributed by atoms with van der Waals surface area (Å²) in [7, 11) is -2.89. The minimum Gasteiger partial charge on any atom is -0.0623 e. The van der Waals surface area contributed by atoms with Crippen molar-refractivity contribution >= 4 is 61.1 Å². The second-order valence-corrected chi connectivity index (χ2v) is 24.0. The first-order valence-corrected chi connectivity index (χ1v) is 27.9. The van der Waals surface area contributed by atoms with Gasteiger partial charge in [0.1, 0.15) is 0 Å². The number of benzene rings is 13. The van der Waals surface area contributed by atoms with Crippen LogP contribution in [0.1, 0.15) is 22.3 Å². The van der Waals surface area contributed by atoms with Crippen LogP contribution in [0.5, 0.6) is 0 Å². The van der Waals surface area contributed by atoms with Gasteiger partial charge >= 0.3 is 0 Å². The summed E-state index contributed by atoms with van der Waals surface area (Å²) in [5.41, 5.74) is 17.5. The lowest BCUT2D eigenvalue weighted by molar-refractivity contribution is 0.795. The third kappa shape index (κ3) is 6.02. The third-order valence-corrected chi connectivity index (χ3v) is 21.4. The fraction of sp³-hybridized carbons (Fsp3) is 0.0137. The second kappa shape index (κ2) is 16.7. The predicted molar refractivity (Wildman–Crippen MR) is 315 cm³/mol. The zero-order valence-electron chi connectivity index (χ0n) is 40.7. The van der Waals surface area contributed by atoms with Crippen molar-refractivity contribution in [2.75, 3.05) is 0 Å². The number of hydrogen-bond donors (Lipinski definition) is 0. The Balaban J connectivity index is 1.00. The van der Waals surface area contributed by atoms with Crippen LogP contribution in [-0.4, -0.2) is 8.07 Å². The van der Waals surface area contributed by atoms with E-state index in [1.165, 1.54) is 131 Å². The molecule has 2 aliphatic rings. The van der Waals surface area contributed by atoms with E-state index < -0.39 is 13.5 Å². The van der Waals surface area contributed by atoms with Crippen molar-refractivity contribution in [3.63, 3.8) is 0 Å². The largest absolute Gasteiger partial charge is 0.179 e. The minimum absolute atomic E-state index is 0.571. The first-order valence-electron chi connectivity index (χ1n) is 25.9. The van der Waals surface area contributed by atoms with Crippen molar-refractivity contribution in [3.05, 3.63) is 313 Å². The molecule has 0 atom stereocenters. The summed E-state index contributed by atoms with van der Waals surface area (Å²) in [6, 6.07) is 110. The molecule has 0 aliphatic heterocycles. The van der Waals surface area contributed by atoms with Gasteiger partial charge in [0.15, 0.2) is 8.07 Å². The lowest BCUT2D eigenvalue weighted by Gasteiger charge is -2.36. The summed E-state index contributed by atoms with van der Waals surface area (Å²) in [6.07, 6.45) is 0. The van der Waals surface area contributed by atoms with Gasteiger partial charge in [0.2, 0.25) is 0 Å². The maximum Gasteiger partial charge on any atom is 0.179 e. The molecule has 2 aliphatic carbocycles. The normalized spacial score (nSPS) is 13.0. The lowest BCUT2D eigenvalue weighted by Crippen LogP contribution is -2.74.